The first-order valence-corrected chi connectivity index (χ1v) is 7.97. The lowest BCUT2D eigenvalue weighted by Crippen LogP contribution is -2.23. The quantitative estimate of drug-likeness (QED) is 0.693. The molecule has 108 valence electrons. The Kier molecular flexibility index (Phi) is 3.52. The van der Waals surface area contributed by atoms with Crippen LogP contribution < -0.4 is 15.9 Å². The zero-order valence-corrected chi connectivity index (χ0v) is 12.9. The number of nitrogen functional groups attached to an aromatic ring is 1. The molecule has 1 amide bonds. The SMILES string of the molecule is Cc1ccc2sc(C(=O)NCc3csc(=O)[nH]3)c(N)c2c1. The lowest BCUT2D eigenvalue weighted by atomic mass is 10.1. The summed E-state index contributed by atoms with van der Waals surface area (Å²) in [5.41, 5.74) is 8.38. The number of hydrogen-bond acceptors (Lipinski definition) is 5. The summed E-state index contributed by atoms with van der Waals surface area (Å²) >= 11 is 2.45. The van der Waals surface area contributed by atoms with Crippen molar-refractivity contribution in [1.29, 1.82) is 0 Å². The number of carbonyl (C=O) groups is 1. The predicted octanol–water partition coefficient (Wildman–Crippen LogP) is 2.47. The van der Waals surface area contributed by atoms with Crippen molar-refractivity contribution in [3.63, 3.8) is 0 Å². The van der Waals surface area contributed by atoms with E-state index in [2.05, 4.69) is 10.3 Å². The maximum absolute atomic E-state index is 12.2. The highest BCUT2D eigenvalue weighted by molar-refractivity contribution is 7.21. The molecule has 0 spiro atoms. The Morgan fingerprint density at radius 1 is 1.43 bits per heavy atom. The van der Waals surface area contributed by atoms with Crippen LogP contribution in [0.25, 0.3) is 10.1 Å². The van der Waals surface area contributed by atoms with Crippen molar-refractivity contribution in [2.75, 3.05) is 5.73 Å². The molecule has 0 aliphatic carbocycles. The summed E-state index contributed by atoms with van der Waals surface area (Å²) in [5, 5.41) is 5.38. The van der Waals surface area contributed by atoms with Crippen molar-refractivity contribution in [3.8, 4) is 0 Å². The maximum Gasteiger partial charge on any atom is 0.304 e. The number of aryl methyl sites for hydroxylation is 1. The molecule has 0 atom stereocenters. The molecule has 0 bridgehead atoms. The Morgan fingerprint density at radius 2 is 2.24 bits per heavy atom. The number of aromatic nitrogens is 1. The largest absolute Gasteiger partial charge is 0.397 e. The molecule has 0 aliphatic heterocycles. The third kappa shape index (κ3) is 2.70. The molecule has 0 saturated heterocycles. The monoisotopic (exact) mass is 319 g/mol. The van der Waals surface area contributed by atoms with Crippen LogP contribution in [0, 0.1) is 6.92 Å². The van der Waals surface area contributed by atoms with Gasteiger partial charge in [0.2, 0.25) is 0 Å². The van der Waals surface area contributed by atoms with Crippen LogP contribution in [0.2, 0.25) is 0 Å². The van der Waals surface area contributed by atoms with Crippen LogP contribution in [0.5, 0.6) is 0 Å². The van der Waals surface area contributed by atoms with E-state index in [1.54, 1.807) is 5.38 Å². The molecular weight excluding hydrogens is 306 g/mol. The van der Waals surface area contributed by atoms with E-state index in [0.29, 0.717) is 16.3 Å². The number of amides is 1. The molecule has 0 fully saturated rings. The number of H-pyrrole nitrogens is 1. The molecule has 3 aromatic rings. The number of hydrogen-bond donors (Lipinski definition) is 3. The van der Waals surface area contributed by atoms with Gasteiger partial charge in [-0.3, -0.25) is 9.59 Å². The minimum atomic E-state index is -0.224. The Morgan fingerprint density at radius 3 is 2.95 bits per heavy atom. The fourth-order valence-electron chi connectivity index (χ4n) is 2.06. The van der Waals surface area contributed by atoms with Crippen molar-refractivity contribution in [1.82, 2.24) is 10.3 Å². The van der Waals surface area contributed by atoms with Gasteiger partial charge in [-0.2, -0.15) is 0 Å². The third-order valence-electron chi connectivity index (χ3n) is 3.10. The summed E-state index contributed by atoms with van der Waals surface area (Å²) in [6.45, 7) is 2.27. The van der Waals surface area contributed by atoms with E-state index in [0.717, 1.165) is 27.0 Å². The summed E-state index contributed by atoms with van der Waals surface area (Å²) < 4.78 is 0.993. The van der Waals surface area contributed by atoms with Gasteiger partial charge in [0.05, 0.1) is 12.2 Å². The molecule has 3 rings (SSSR count). The summed E-state index contributed by atoms with van der Waals surface area (Å²) in [6, 6.07) is 5.95. The molecular formula is C14H13N3O2S2. The number of aromatic amines is 1. The lowest BCUT2D eigenvalue weighted by Gasteiger charge is -2.02. The van der Waals surface area contributed by atoms with Crippen LogP contribution in [0.1, 0.15) is 20.9 Å². The highest BCUT2D eigenvalue weighted by Gasteiger charge is 2.16. The Bertz CT molecular complexity index is 876. The number of nitrogens with two attached hydrogens (primary N) is 1. The van der Waals surface area contributed by atoms with Gasteiger partial charge in [0.15, 0.2) is 0 Å². The van der Waals surface area contributed by atoms with E-state index in [1.807, 2.05) is 25.1 Å². The summed E-state index contributed by atoms with van der Waals surface area (Å²) in [6.07, 6.45) is 0. The van der Waals surface area contributed by atoms with Crippen LogP contribution in [-0.4, -0.2) is 10.9 Å². The predicted molar refractivity (Wildman–Crippen MR) is 87.1 cm³/mol. The van der Waals surface area contributed by atoms with E-state index < -0.39 is 0 Å². The van der Waals surface area contributed by atoms with Crippen molar-refractivity contribution < 1.29 is 4.79 Å². The normalized spacial score (nSPS) is 10.9. The van der Waals surface area contributed by atoms with E-state index in [-0.39, 0.29) is 17.3 Å². The molecule has 0 saturated carbocycles. The second-order valence-corrected chi connectivity index (χ2v) is 6.59. The van der Waals surface area contributed by atoms with Crippen LogP contribution in [-0.2, 0) is 6.54 Å². The van der Waals surface area contributed by atoms with Crippen molar-refractivity contribution >= 4 is 44.4 Å². The van der Waals surface area contributed by atoms with Gasteiger partial charge >= 0.3 is 4.87 Å². The Hall–Kier alpha value is -2.12. The van der Waals surface area contributed by atoms with Gasteiger partial charge in [-0.15, -0.1) is 11.3 Å². The fourth-order valence-corrected chi connectivity index (χ4v) is 3.66. The zero-order chi connectivity index (χ0) is 15.0. The number of carbonyl (C=O) groups excluding carboxylic acids is 1. The zero-order valence-electron chi connectivity index (χ0n) is 11.2. The van der Waals surface area contributed by atoms with E-state index in [4.69, 9.17) is 5.73 Å². The summed E-state index contributed by atoms with van der Waals surface area (Å²) in [7, 11) is 0. The van der Waals surface area contributed by atoms with Gasteiger partial charge < -0.3 is 16.0 Å². The average molecular weight is 319 g/mol. The fraction of sp³-hybridized carbons (Fsp3) is 0.143. The van der Waals surface area contributed by atoms with E-state index in [1.165, 1.54) is 11.3 Å². The van der Waals surface area contributed by atoms with Crippen molar-refractivity contribution in [2.24, 2.45) is 0 Å². The van der Waals surface area contributed by atoms with Gasteiger partial charge in [0.25, 0.3) is 5.91 Å². The molecule has 21 heavy (non-hydrogen) atoms. The standard InChI is InChI=1S/C14H13N3O2S2/c1-7-2-3-10-9(4-7)11(15)12(21-10)13(18)16-5-8-6-20-14(19)17-8/h2-4,6H,5,15H2,1H3,(H,16,18)(H,17,19). The Balaban J connectivity index is 1.84. The number of nitrogens with one attached hydrogen (secondary N) is 2. The molecule has 0 unspecified atom stereocenters. The third-order valence-corrected chi connectivity index (χ3v) is 5.00. The second kappa shape index (κ2) is 5.34. The number of thiophene rings is 1. The average Bonchev–Trinajstić information content (AvgIpc) is 3.01. The number of rotatable bonds is 3. The molecule has 1 aromatic carbocycles. The number of benzene rings is 1. The second-order valence-electron chi connectivity index (χ2n) is 4.70. The number of fused-ring (bicyclic) bond motifs is 1. The molecule has 7 heteroatoms. The van der Waals surface area contributed by atoms with Crippen molar-refractivity contribution in [3.05, 3.63) is 49.4 Å². The van der Waals surface area contributed by atoms with Gasteiger partial charge in [0, 0.05) is 21.2 Å². The first-order chi connectivity index (χ1) is 10.0. The first-order valence-electron chi connectivity index (χ1n) is 6.28. The van der Waals surface area contributed by atoms with Gasteiger partial charge in [0.1, 0.15) is 4.88 Å². The minimum absolute atomic E-state index is 0.129. The van der Waals surface area contributed by atoms with Gasteiger partial charge in [-0.1, -0.05) is 23.0 Å². The number of thiazole rings is 1. The summed E-state index contributed by atoms with van der Waals surface area (Å²) in [5.74, 6) is -0.224. The van der Waals surface area contributed by atoms with Crippen LogP contribution in [0.3, 0.4) is 0 Å². The minimum Gasteiger partial charge on any atom is -0.397 e. The molecule has 2 heterocycles. The van der Waals surface area contributed by atoms with Crippen LogP contribution in [0.15, 0.2) is 28.4 Å². The highest BCUT2D eigenvalue weighted by atomic mass is 32.1. The van der Waals surface area contributed by atoms with Crippen LogP contribution in [0.4, 0.5) is 5.69 Å². The molecule has 0 radical (unpaired) electrons. The Labute approximate surface area is 128 Å². The molecule has 4 N–H and O–H groups in total. The van der Waals surface area contributed by atoms with Gasteiger partial charge in [-0.05, 0) is 19.1 Å². The maximum atomic E-state index is 12.2. The first kappa shape index (κ1) is 13.8. The smallest absolute Gasteiger partial charge is 0.304 e. The summed E-state index contributed by atoms with van der Waals surface area (Å²) in [4.78, 5) is 26.3. The topological polar surface area (TPSA) is 88.0 Å². The molecule has 0 aliphatic rings. The van der Waals surface area contributed by atoms with Crippen molar-refractivity contribution in [2.45, 2.75) is 13.5 Å². The lowest BCUT2D eigenvalue weighted by molar-refractivity contribution is 0.0955. The van der Waals surface area contributed by atoms with Gasteiger partial charge in [-0.25, -0.2) is 0 Å². The van der Waals surface area contributed by atoms with E-state index >= 15 is 0 Å². The van der Waals surface area contributed by atoms with E-state index in [9.17, 15) is 9.59 Å². The highest BCUT2D eigenvalue weighted by Crippen LogP contribution is 2.34. The molecule has 2 aromatic heterocycles. The molecule has 5 nitrogen and oxygen atoms in total. The number of anilines is 1. The van der Waals surface area contributed by atoms with Crippen LogP contribution >= 0.6 is 22.7 Å².